The fourth-order valence-electron chi connectivity index (χ4n) is 2.74. The Kier molecular flexibility index (Phi) is 5.49. The summed E-state index contributed by atoms with van der Waals surface area (Å²) in [7, 11) is 0. The first-order valence-corrected chi connectivity index (χ1v) is 8.70. The lowest BCUT2D eigenvalue weighted by molar-refractivity contribution is -0.137. The number of carbonyl (C=O) groups excluding carboxylic acids is 1. The molecule has 3 rings (SSSR count). The Balaban J connectivity index is 1.90. The molecule has 0 aliphatic carbocycles. The first-order valence-electron chi connectivity index (χ1n) is 8.70. The first-order chi connectivity index (χ1) is 13.7. The van der Waals surface area contributed by atoms with E-state index in [2.05, 4.69) is 15.6 Å². The molecule has 6 nitrogen and oxygen atoms in total. The van der Waals surface area contributed by atoms with Gasteiger partial charge in [-0.3, -0.25) is 9.59 Å². The smallest absolute Gasteiger partial charge is 0.267 e. The van der Waals surface area contributed by atoms with E-state index in [1.54, 1.807) is 38.1 Å². The molecule has 0 unspecified atom stereocenters. The van der Waals surface area contributed by atoms with Crippen LogP contribution in [0.3, 0.4) is 0 Å². The molecular weight excluding hydrogens is 385 g/mol. The van der Waals surface area contributed by atoms with Gasteiger partial charge < -0.3 is 0 Å². The van der Waals surface area contributed by atoms with Crippen molar-refractivity contribution in [2.45, 2.75) is 26.1 Å². The Hall–Kier alpha value is -3.49. The van der Waals surface area contributed by atoms with Crippen molar-refractivity contribution >= 4 is 22.9 Å². The van der Waals surface area contributed by atoms with Gasteiger partial charge in [0, 0.05) is 5.39 Å². The normalized spacial score (nSPS) is 12.1. The largest absolute Gasteiger partial charge is 0.416 e. The van der Waals surface area contributed by atoms with Gasteiger partial charge in [-0.1, -0.05) is 30.3 Å². The molecular formula is C20H17F3N4O2. The van der Waals surface area contributed by atoms with Crippen LogP contribution in [-0.4, -0.2) is 21.9 Å². The maximum atomic E-state index is 12.8. The van der Waals surface area contributed by atoms with Crippen molar-refractivity contribution < 1.29 is 18.0 Å². The number of aromatic nitrogens is 2. The zero-order chi connectivity index (χ0) is 21.2. The summed E-state index contributed by atoms with van der Waals surface area (Å²) in [5.41, 5.74) is 1.29. The van der Waals surface area contributed by atoms with E-state index >= 15 is 0 Å². The predicted octanol–water partition coefficient (Wildman–Crippen LogP) is 3.76. The van der Waals surface area contributed by atoms with Crippen LogP contribution in [0.5, 0.6) is 0 Å². The highest BCUT2D eigenvalue weighted by Gasteiger charge is 2.30. The van der Waals surface area contributed by atoms with Crippen LogP contribution in [0, 0.1) is 0 Å². The summed E-state index contributed by atoms with van der Waals surface area (Å²) in [6.45, 7) is 3.52. The topological polar surface area (TPSA) is 76.3 Å². The second-order valence-corrected chi connectivity index (χ2v) is 6.56. The molecule has 1 heterocycles. The molecule has 3 aromatic rings. The van der Waals surface area contributed by atoms with Gasteiger partial charge in [0.25, 0.3) is 11.5 Å². The molecule has 150 valence electrons. The number of carbonyl (C=O) groups is 1. The number of alkyl halides is 3. The van der Waals surface area contributed by atoms with E-state index in [1.165, 1.54) is 16.8 Å². The average Bonchev–Trinajstić information content (AvgIpc) is 2.67. The van der Waals surface area contributed by atoms with Crippen LogP contribution in [0.1, 0.15) is 41.5 Å². The molecule has 1 aromatic heterocycles. The molecule has 9 heteroatoms. The number of hydrazone groups is 1. The molecule has 1 amide bonds. The maximum absolute atomic E-state index is 12.8. The summed E-state index contributed by atoms with van der Waals surface area (Å²) in [6.07, 6.45) is -3.37. The third kappa shape index (κ3) is 4.34. The van der Waals surface area contributed by atoms with Crippen LogP contribution in [0.25, 0.3) is 10.8 Å². The number of amides is 1. The minimum Gasteiger partial charge on any atom is -0.267 e. The summed E-state index contributed by atoms with van der Waals surface area (Å²) >= 11 is 0. The maximum Gasteiger partial charge on any atom is 0.416 e. The molecule has 0 fully saturated rings. The third-order valence-electron chi connectivity index (χ3n) is 4.13. The average molecular weight is 402 g/mol. The molecule has 0 spiro atoms. The van der Waals surface area contributed by atoms with E-state index in [0.29, 0.717) is 10.8 Å². The van der Waals surface area contributed by atoms with Crippen molar-refractivity contribution in [2.75, 3.05) is 0 Å². The van der Waals surface area contributed by atoms with Crippen LogP contribution in [0.4, 0.5) is 13.2 Å². The Labute approximate surface area is 163 Å². The summed E-state index contributed by atoms with van der Waals surface area (Å²) in [4.78, 5) is 25.1. The molecule has 2 aromatic carbocycles. The molecule has 0 atom stereocenters. The number of hydrogen-bond donors (Lipinski definition) is 1. The van der Waals surface area contributed by atoms with Crippen LogP contribution in [0.2, 0.25) is 0 Å². The van der Waals surface area contributed by atoms with Gasteiger partial charge in [0.2, 0.25) is 0 Å². The van der Waals surface area contributed by atoms with Crippen molar-refractivity contribution in [3.8, 4) is 0 Å². The minimum absolute atomic E-state index is 0.00454. The lowest BCUT2D eigenvalue weighted by atomic mass is 10.1. The molecule has 0 aliphatic rings. The van der Waals surface area contributed by atoms with Crippen molar-refractivity contribution in [3.63, 3.8) is 0 Å². The van der Waals surface area contributed by atoms with Crippen molar-refractivity contribution in [1.82, 2.24) is 15.2 Å². The predicted molar refractivity (Wildman–Crippen MR) is 103 cm³/mol. The summed E-state index contributed by atoms with van der Waals surface area (Å²) in [6, 6.07) is 10.8. The number of hydrogen-bond acceptors (Lipinski definition) is 4. The fraction of sp³-hybridized carbons (Fsp3) is 0.200. The summed E-state index contributed by atoms with van der Waals surface area (Å²) in [5, 5.41) is 8.57. The number of nitrogens with one attached hydrogen (secondary N) is 1. The molecule has 0 radical (unpaired) electrons. The SMILES string of the molecule is CC(C)n1nc(C(=O)N/N=C/c2cccc(C(F)(F)F)c2)c2ccccc2c1=O. The van der Waals surface area contributed by atoms with Gasteiger partial charge in [-0.05, 0) is 37.6 Å². The number of rotatable bonds is 4. The minimum atomic E-state index is -4.47. The lowest BCUT2D eigenvalue weighted by Gasteiger charge is -2.12. The molecule has 0 bridgehead atoms. The highest BCUT2D eigenvalue weighted by molar-refractivity contribution is 6.04. The second kappa shape index (κ2) is 7.86. The van der Waals surface area contributed by atoms with E-state index in [1.807, 2.05) is 0 Å². The number of halogens is 3. The van der Waals surface area contributed by atoms with E-state index in [-0.39, 0.29) is 22.9 Å². The van der Waals surface area contributed by atoms with E-state index in [4.69, 9.17) is 0 Å². The molecule has 0 saturated carbocycles. The van der Waals surface area contributed by atoms with Gasteiger partial charge in [-0.2, -0.15) is 23.4 Å². The lowest BCUT2D eigenvalue weighted by Crippen LogP contribution is -2.30. The monoisotopic (exact) mass is 402 g/mol. The van der Waals surface area contributed by atoms with Crippen molar-refractivity contribution in [2.24, 2.45) is 5.10 Å². The summed E-state index contributed by atoms with van der Waals surface area (Å²) in [5.74, 6) is -0.682. The standard InChI is InChI=1S/C20H17F3N4O2/c1-12(2)27-19(29)16-9-4-3-8-15(16)17(26-27)18(28)25-24-11-13-6-5-7-14(10-13)20(21,22)23/h3-12H,1-2H3,(H,25,28)/b24-11+. The van der Waals surface area contributed by atoms with Crippen molar-refractivity contribution in [3.05, 3.63) is 75.7 Å². The van der Waals surface area contributed by atoms with Crippen molar-refractivity contribution in [1.29, 1.82) is 0 Å². The van der Waals surface area contributed by atoms with Gasteiger partial charge in [0.1, 0.15) is 0 Å². The van der Waals surface area contributed by atoms with Gasteiger partial charge >= 0.3 is 6.18 Å². The van der Waals surface area contributed by atoms with Gasteiger partial charge in [-0.25, -0.2) is 10.1 Å². The van der Waals surface area contributed by atoms with Crippen LogP contribution >= 0.6 is 0 Å². The van der Waals surface area contributed by atoms with Gasteiger partial charge in [-0.15, -0.1) is 0 Å². The summed E-state index contributed by atoms with van der Waals surface area (Å²) < 4.78 is 39.5. The Morgan fingerprint density at radius 2 is 1.83 bits per heavy atom. The zero-order valence-corrected chi connectivity index (χ0v) is 15.6. The third-order valence-corrected chi connectivity index (χ3v) is 4.13. The van der Waals surface area contributed by atoms with Gasteiger partial charge in [0.05, 0.1) is 23.2 Å². The fourth-order valence-corrected chi connectivity index (χ4v) is 2.74. The number of fused-ring (bicyclic) bond motifs is 1. The number of benzene rings is 2. The van der Waals surface area contributed by atoms with E-state index < -0.39 is 17.6 Å². The number of nitrogens with zero attached hydrogens (tertiary/aromatic N) is 3. The van der Waals surface area contributed by atoms with Crippen LogP contribution < -0.4 is 11.0 Å². The Morgan fingerprint density at radius 3 is 2.48 bits per heavy atom. The molecule has 0 saturated heterocycles. The molecule has 1 N–H and O–H groups in total. The van der Waals surface area contributed by atoms with E-state index in [9.17, 15) is 22.8 Å². The molecule has 29 heavy (non-hydrogen) atoms. The first kappa shape index (κ1) is 20.2. The van der Waals surface area contributed by atoms with Gasteiger partial charge in [0.15, 0.2) is 5.69 Å². The quantitative estimate of drug-likeness (QED) is 0.533. The Bertz CT molecular complexity index is 1150. The van der Waals surface area contributed by atoms with Crippen LogP contribution in [0.15, 0.2) is 58.4 Å². The van der Waals surface area contributed by atoms with E-state index in [0.717, 1.165) is 18.3 Å². The highest BCUT2D eigenvalue weighted by Crippen LogP contribution is 2.29. The zero-order valence-electron chi connectivity index (χ0n) is 15.6. The van der Waals surface area contributed by atoms with Crippen LogP contribution in [-0.2, 0) is 6.18 Å². The Morgan fingerprint density at radius 1 is 1.14 bits per heavy atom. The highest BCUT2D eigenvalue weighted by atomic mass is 19.4. The molecule has 0 aliphatic heterocycles. The second-order valence-electron chi connectivity index (χ2n) is 6.56.